The molecule has 23 heavy (non-hydrogen) atoms. The molecule has 2 rings (SSSR count). The second kappa shape index (κ2) is 7.45. The van der Waals surface area contributed by atoms with Crippen molar-refractivity contribution < 1.29 is 14.5 Å². The van der Waals surface area contributed by atoms with Crippen LogP contribution in [0.15, 0.2) is 29.2 Å². The number of hydrogen-bond donors (Lipinski definition) is 1. The van der Waals surface area contributed by atoms with E-state index in [1.54, 1.807) is 17.0 Å². The van der Waals surface area contributed by atoms with Crippen LogP contribution in [0.2, 0.25) is 0 Å². The Kier molecular flexibility index (Phi) is 5.59. The molecule has 0 aliphatic carbocycles. The summed E-state index contributed by atoms with van der Waals surface area (Å²) in [6.45, 7) is 2.89. The summed E-state index contributed by atoms with van der Waals surface area (Å²) in [5, 5.41) is 10.3. The van der Waals surface area contributed by atoms with E-state index in [-0.39, 0.29) is 28.7 Å². The van der Waals surface area contributed by atoms with Gasteiger partial charge in [0.2, 0.25) is 11.8 Å². The molecule has 1 saturated heterocycles. The molecule has 1 fully saturated rings. The van der Waals surface area contributed by atoms with Gasteiger partial charge in [-0.05, 0) is 31.9 Å². The Hall–Kier alpha value is -2.09. The molecule has 1 aromatic rings. The minimum absolute atomic E-state index is 0.0104. The van der Waals surface area contributed by atoms with Gasteiger partial charge in [-0.15, -0.1) is 11.8 Å². The zero-order valence-corrected chi connectivity index (χ0v) is 13.6. The van der Waals surface area contributed by atoms with Crippen LogP contribution in [-0.4, -0.2) is 40.0 Å². The summed E-state index contributed by atoms with van der Waals surface area (Å²) in [4.78, 5) is 36.3. The van der Waals surface area contributed by atoms with Crippen molar-refractivity contribution in [3.05, 3.63) is 34.4 Å². The Morgan fingerprint density at radius 3 is 2.35 bits per heavy atom. The van der Waals surface area contributed by atoms with E-state index >= 15 is 0 Å². The maximum atomic E-state index is 12.4. The minimum atomic E-state index is -0.452. The van der Waals surface area contributed by atoms with Crippen molar-refractivity contribution in [2.45, 2.75) is 29.9 Å². The molecular formula is C15H19N3O4S. The Morgan fingerprint density at radius 2 is 1.87 bits per heavy atom. The molecule has 1 aliphatic rings. The van der Waals surface area contributed by atoms with Crippen molar-refractivity contribution in [3.8, 4) is 0 Å². The lowest BCUT2D eigenvalue weighted by atomic mass is 9.96. The molecule has 1 unspecified atom stereocenters. The summed E-state index contributed by atoms with van der Waals surface area (Å²) in [5.41, 5.74) is 5.32. The molecule has 0 bridgehead atoms. The predicted molar refractivity (Wildman–Crippen MR) is 86.9 cm³/mol. The lowest BCUT2D eigenvalue weighted by molar-refractivity contribution is -0.384. The van der Waals surface area contributed by atoms with Gasteiger partial charge in [-0.2, -0.15) is 0 Å². The van der Waals surface area contributed by atoms with E-state index in [0.717, 1.165) is 4.90 Å². The Bertz CT molecular complexity index is 597. The van der Waals surface area contributed by atoms with Gasteiger partial charge in [0, 0.05) is 36.0 Å². The van der Waals surface area contributed by atoms with Gasteiger partial charge in [0.15, 0.2) is 0 Å². The molecule has 1 aromatic carbocycles. The Morgan fingerprint density at radius 1 is 1.30 bits per heavy atom. The largest absolute Gasteiger partial charge is 0.369 e. The van der Waals surface area contributed by atoms with Crippen molar-refractivity contribution in [2.75, 3.05) is 13.1 Å². The van der Waals surface area contributed by atoms with Crippen LogP contribution in [-0.2, 0) is 9.59 Å². The van der Waals surface area contributed by atoms with Gasteiger partial charge in [0.25, 0.3) is 5.69 Å². The zero-order chi connectivity index (χ0) is 17.0. The summed E-state index contributed by atoms with van der Waals surface area (Å²) in [5.74, 6) is -0.432. The molecule has 2 amide bonds. The molecule has 0 radical (unpaired) electrons. The second-order valence-electron chi connectivity index (χ2n) is 5.51. The first-order valence-corrected chi connectivity index (χ1v) is 8.25. The number of nitro benzene ring substituents is 1. The lowest BCUT2D eigenvalue weighted by Gasteiger charge is -2.32. The van der Waals surface area contributed by atoms with E-state index in [1.807, 2.05) is 6.92 Å². The van der Waals surface area contributed by atoms with E-state index in [2.05, 4.69) is 0 Å². The first-order valence-electron chi connectivity index (χ1n) is 7.37. The number of non-ortho nitro benzene ring substituents is 1. The SMILES string of the molecule is CC(Sc1ccc([N+](=O)[O-])cc1)C(=O)N1CCC(C(N)=O)CC1. The molecule has 8 heteroatoms. The number of nitrogens with zero attached hydrogens (tertiary/aromatic N) is 2. The molecule has 7 nitrogen and oxygen atoms in total. The molecule has 2 N–H and O–H groups in total. The van der Waals surface area contributed by atoms with E-state index in [4.69, 9.17) is 5.73 Å². The number of nitrogens with two attached hydrogens (primary N) is 1. The number of rotatable bonds is 5. The third kappa shape index (κ3) is 4.44. The highest BCUT2D eigenvalue weighted by atomic mass is 32.2. The van der Waals surface area contributed by atoms with Gasteiger partial charge in [0.1, 0.15) is 0 Å². The predicted octanol–water partition coefficient (Wildman–Crippen LogP) is 1.80. The molecule has 0 saturated carbocycles. The average Bonchev–Trinajstić information content (AvgIpc) is 2.54. The van der Waals surface area contributed by atoms with Crippen molar-refractivity contribution in [1.29, 1.82) is 0 Å². The highest BCUT2D eigenvalue weighted by Crippen LogP contribution is 2.27. The van der Waals surface area contributed by atoms with Crippen LogP contribution in [0.5, 0.6) is 0 Å². The minimum Gasteiger partial charge on any atom is -0.369 e. The van der Waals surface area contributed by atoms with Gasteiger partial charge in [-0.3, -0.25) is 19.7 Å². The van der Waals surface area contributed by atoms with Crippen LogP contribution in [0.25, 0.3) is 0 Å². The van der Waals surface area contributed by atoms with Crippen LogP contribution in [0.1, 0.15) is 19.8 Å². The summed E-state index contributed by atoms with van der Waals surface area (Å²) < 4.78 is 0. The molecule has 0 aromatic heterocycles. The van der Waals surface area contributed by atoms with Crippen LogP contribution in [0, 0.1) is 16.0 Å². The number of likely N-dealkylation sites (tertiary alicyclic amines) is 1. The number of primary amides is 1. The Labute approximate surface area is 138 Å². The fourth-order valence-corrected chi connectivity index (χ4v) is 3.49. The molecule has 1 heterocycles. The van der Waals surface area contributed by atoms with Gasteiger partial charge in [-0.25, -0.2) is 0 Å². The number of hydrogen-bond acceptors (Lipinski definition) is 5. The van der Waals surface area contributed by atoms with Crippen LogP contribution in [0.3, 0.4) is 0 Å². The summed E-state index contributed by atoms with van der Waals surface area (Å²) in [6, 6.07) is 6.15. The third-order valence-corrected chi connectivity index (χ3v) is 5.02. The van der Waals surface area contributed by atoms with E-state index in [1.165, 1.54) is 23.9 Å². The van der Waals surface area contributed by atoms with Gasteiger partial charge in [-0.1, -0.05) is 0 Å². The van der Waals surface area contributed by atoms with E-state index in [0.29, 0.717) is 25.9 Å². The number of amides is 2. The van der Waals surface area contributed by atoms with Gasteiger partial charge >= 0.3 is 0 Å². The van der Waals surface area contributed by atoms with E-state index in [9.17, 15) is 19.7 Å². The molecule has 1 atom stereocenters. The number of carbonyl (C=O) groups is 2. The first-order chi connectivity index (χ1) is 10.9. The van der Waals surface area contributed by atoms with Gasteiger partial charge in [0.05, 0.1) is 10.2 Å². The molecule has 124 valence electrons. The van der Waals surface area contributed by atoms with Crippen LogP contribution >= 0.6 is 11.8 Å². The zero-order valence-electron chi connectivity index (χ0n) is 12.8. The standard InChI is InChI=1S/C15H19N3O4S/c1-10(23-13-4-2-12(3-5-13)18(21)22)15(20)17-8-6-11(7-9-17)14(16)19/h2-5,10-11H,6-9H2,1H3,(H2,16,19). The van der Waals surface area contributed by atoms with Crippen molar-refractivity contribution >= 4 is 29.3 Å². The molecule has 1 aliphatic heterocycles. The van der Waals surface area contributed by atoms with Crippen molar-refractivity contribution in [1.82, 2.24) is 4.90 Å². The number of carbonyl (C=O) groups excluding carboxylic acids is 2. The smallest absolute Gasteiger partial charge is 0.269 e. The lowest BCUT2D eigenvalue weighted by Crippen LogP contribution is -2.44. The number of benzene rings is 1. The quantitative estimate of drug-likeness (QED) is 0.501. The Balaban J connectivity index is 1.90. The molecule has 0 spiro atoms. The maximum absolute atomic E-state index is 12.4. The summed E-state index contributed by atoms with van der Waals surface area (Å²) >= 11 is 1.37. The van der Waals surface area contributed by atoms with Crippen molar-refractivity contribution in [2.24, 2.45) is 11.7 Å². The monoisotopic (exact) mass is 337 g/mol. The topological polar surface area (TPSA) is 107 Å². The van der Waals surface area contributed by atoms with Gasteiger partial charge < -0.3 is 10.6 Å². The average molecular weight is 337 g/mol. The fraction of sp³-hybridized carbons (Fsp3) is 0.467. The summed E-state index contributed by atoms with van der Waals surface area (Å²) in [6.07, 6.45) is 1.21. The number of thioether (sulfide) groups is 1. The normalized spacial score (nSPS) is 16.8. The summed E-state index contributed by atoms with van der Waals surface area (Å²) in [7, 11) is 0. The number of piperidine rings is 1. The number of nitro groups is 1. The fourth-order valence-electron chi connectivity index (χ4n) is 2.54. The van der Waals surface area contributed by atoms with Crippen LogP contribution < -0.4 is 5.73 Å². The highest BCUT2D eigenvalue weighted by Gasteiger charge is 2.28. The van der Waals surface area contributed by atoms with E-state index < -0.39 is 4.92 Å². The van der Waals surface area contributed by atoms with Crippen LogP contribution in [0.4, 0.5) is 5.69 Å². The second-order valence-corrected chi connectivity index (χ2v) is 6.93. The highest BCUT2D eigenvalue weighted by molar-refractivity contribution is 8.00. The third-order valence-electron chi connectivity index (χ3n) is 3.92. The first kappa shape index (κ1) is 17.3. The van der Waals surface area contributed by atoms with Crippen molar-refractivity contribution in [3.63, 3.8) is 0 Å². The maximum Gasteiger partial charge on any atom is 0.269 e. The molecular weight excluding hydrogens is 318 g/mol.